The van der Waals surface area contributed by atoms with E-state index in [0.717, 1.165) is 23.7 Å². The van der Waals surface area contributed by atoms with Crippen LogP contribution in [0.1, 0.15) is 29.9 Å². The summed E-state index contributed by atoms with van der Waals surface area (Å²) in [5.41, 5.74) is 0.102. The largest absolute Gasteiger partial charge is 0.501 e. The number of carbonyl (C=O) groups is 1. The fourth-order valence-electron chi connectivity index (χ4n) is 4.25. The highest BCUT2D eigenvalue weighted by atomic mass is 32.2. The second kappa shape index (κ2) is 11.0. The molecular formula is C25H31FN6O5S. The first-order valence-corrected chi connectivity index (χ1v) is 14.2. The Hall–Kier alpha value is -3.71. The van der Waals surface area contributed by atoms with Crippen molar-refractivity contribution in [3.8, 4) is 5.75 Å². The van der Waals surface area contributed by atoms with Gasteiger partial charge in [0.2, 0.25) is 5.75 Å². The highest BCUT2D eigenvalue weighted by Gasteiger charge is 2.24. The lowest BCUT2D eigenvalue weighted by molar-refractivity contribution is 0.0942. The van der Waals surface area contributed by atoms with E-state index in [2.05, 4.69) is 39.3 Å². The van der Waals surface area contributed by atoms with Gasteiger partial charge in [-0.05, 0) is 37.6 Å². The second-order valence-electron chi connectivity index (χ2n) is 9.59. The van der Waals surface area contributed by atoms with Crippen molar-refractivity contribution in [1.82, 2.24) is 19.6 Å². The Morgan fingerprint density at radius 3 is 2.42 bits per heavy atom. The summed E-state index contributed by atoms with van der Waals surface area (Å²) in [6.45, 7) is 7.27. The molecule has 1 saturated heterocycles. The minimum atomic E-state index is -3.43. The lowest BCUT2D eigenvalue weighted by Gasteiger charge is -2.38. The van der Waals surface area contributed by atoms with Crippen LogP contribution in [0.2, 0.25) is 0 Å². The minimum Gasteiger partial charge on any atom is -0.501 e. The quantitative estimate of drug-likeness (QED) is 0.383. The van der Waals surface area contributed by atoms with E-state index >= 15 is 0 Å². The number of fused-ring (bicyclic) bond motifs is 1. The summed E-state index contributed by atoms with van der Waals surface area (Å²) < 4.78 is 38.0. The standard InChI is InChI=1S/C25H31FN6O5S/c1-16(2)30-8-10-31(11-9-30)19-12-20(28-15-38(3,36)37)23-29-21(22(33)25(35)32(23)14-19)24(34)27-13-17-4-6-18(26)7-5-17/h4-7,12,14,16,28,33H,8-11,13,15H2,1-3H3,(H,27,34). The molecule has 0 spiro atoms. The molecule has 3 N–H and O–H groups in total. The summed E-state index contributed by atoms with van der Waals surface area (Å²) in [6, 6.07) is 7.58. The summed E-state index contributed by atoms with van der Waals surface area (Å²) in [7, 11) is -3.43. The minimum absolute atomic E-state index is 0.00653. The highest BCUT2D eigenvalue weighted by Crippen LogP contribution is 2.26. The summed E-state index contributed by atoms with van der Waals surface area (Å²) in [5.74, 6) is -2.49. The van der Waals surface area contributed by atoms with E-state index in [-0.39, 0.29) is 17.9 Å². The molecule has 1 aliphatic rings. The molecule has 4 rings (SSSR count). The predicted molar refractivity (Wildman–Crippen MR) is 143 cm³/mol. The molecule has 3 heterocycles. The lowest BCUT2D eigenvalue weighted by Crippen LogP contribution is -2.49. The van der Waals surface area contributed by atoms with Crippen LogP contribution < -0.4 is 21.1 Å². The van der Waals surface area contributed by atoms with Crippen LogP contribution in [0.3, 0.4) is 0 Å². The molecule has 0 atom stereocenters. The molecule has 0 radical (unpaired) electrons. The fourth-order valence-corrected chi connectivity index (χ4v) is 4.67. The van der Waals surface area contributed by atoms with E-state index in [1.807, 2.05) is 0 Å². The maximum Gasteiger partial charge on any atom is 0.301 e. The van der Waals surface area contributed by atoms with Crippen molar-refractivity contribution in [3.05, 3.63) is 64.0 Å². The molecule has 0 aliphatic carbocycles. The smallest absolute Gasteiger partial charge is 0.301 e. The van der Waals surface area contributed by atoms with Crippen molar-refractivity contribution in [2.24, 2.45) is 0 Å². The normalized spacial score (nSPS) is 14.7. The predicted octanol–water partition coefficient (Wildman–Crippen LogP) is 1.41. The summed E-state index contributed by atoms with van der Waals surface area (Å²) >= 11 is 0. The van der Waals surface area contributed by atoms with Gasteiger partial charge in [0, 0.05) is 51.2 Å². The van der Waals surface area contributed by atoms with E-state index < -0.39 is 44.4 Å². The molecule has 13 heteroatoms. The molecule has 1 amide bonds. The van der Waals surface area contributed by atoms with Crippen LogP contribution in [0.4, 0.5) is 15.8 Å². The number of carbonyl (C=O) groups excluding carboxylic acids is 1. The average molecular weight is 547 g/mol. The van der Waals surface area contributed by atoms with Gasteiger partial charge in [-0.25, -0.2) is 17.8 Å². The van der Waals surface area contributed by atoms with Crippen molar-refractivity contribution in [3.63, 3.8) is 0 Å². The molecule has 11 nitrogen and oxygen atoms in total. The van der Waals surface area contributed by atoms with Gasteiger partial charge in [-0.3, -0.25) is 18.9 Å². The zero-order valence-electron chi connectivity index (χ0n) is 21.4. The van der Waals surface area contributed by atoms with Crippen LogP contribution in [-0.2, 0) is 16.4 Å². The zero-order chi connectivity index (χ0) is 27.6. The van der Waals surface area contributed by atoms with Gasteiger partial charge in [0.1, 0.15) is 11.7 Å². The number of aromatic hydroxyl groups is 1. The fraction of sp³-hybridized carbons (Fsp3) is 0.400. The first-order valence-electron chi connectivity index (χ1n) is 12.2. The van der Waals surface area contributed by atoms with Crippen LogP contribution in [-0.4, -0.2) is 78.1 Å². The monoisotopic (exact) mass is 546 g/mol. The number of nitrogens with zero attached hydrogens (tertiary/aromatic N) is 4. The third kappa shape index (κ3) is 6.22. The Morgan fingerprint density at radius 2 is 1.82 bits per heavy atom. The Bertz CT molecular complexity index is 1500. The topological polar surface area (TPSA) is 136 Å². The zero-order valence-corrected chi connectivity index (χ0v) is 22.3. The summed E-state index contributed by atoms with van der Waals surface area (Å²) in [6.07, 6.45) is 2.60. The van der Waals surface area contributed by atoms with Gasteiger partial charge < -0.3 is 20.6 Å². The van der Waals surface area contributed by atoms with Crippen molar-refractivity contribution in [2.75, 3.05) is 48.5 Å². The third-order valence-corrected chi connectivity index (χ3v) is 7.07. The van der Waals surface area contributed by atoms with E-state index in [9.17, 15) is 27.5 Å². The molecule has 1 aromatic carbocycles. The number of hydrogen-bond donors (Lipinski definition) is 3. The Labute approximate surface area is 219 Å². The van der Waals surface area contributed by atoms with Gasteiger partial charge in [-0.15, -0.1) is 0 Å². The van der Waals surface area contributed by atoms with Gasteiger partial charge in [-0.1, -0.05) is 12.1 Å². The first kappa shape index (κ1) is 27.3. The third-order valence-electron chi connectivity index (χ3n) is 6.40. The van der Waals surface area contributed by atoms with Gasteiger partial charge in [-0.2, -0.15) is 0 Å². The van der Waals surface area contributed by atoms with Crippen LogP contribution in [0.5, 0.6) is 5.75 Å². The molecule has 1 aliphatic heterocycles. The molecule has 0 bridgehead atoms. The maximum atomic E-state index is 13.2. The number of rotatable bonds is 8. The Kier molecular flexibility index (Phi) is 7.88. The van der Waals surface area contributed by atoms with Crippen LogP contribution in [0.25, 0.3) is 5.65 Å². The number of halogens is 1. The number of amides is 1. The second-order valence-corrected chi connectivity index (χ2v) is 11.7. The number of anilines is 2. The Balaban J connectivity index is 1.70. The molecule has 38 heavy (non-hydrogen) atoms. The van der Waals surface area contributed by atoms with Crippen molar-refractivity contribution in [1.29, 1.82) is 0 Å². The van der Waals surface area contributed by atoms with Crippen LogP contribution in [0, 0.1) is 5.82 Å². The van der Waals surface area contributed by atoms with E-state index in [0.29, 0.717) is 30.4 Å². The summed E-state index contributed by atoms with van der Waals surface area (Å²) in [4.78, 5) is 34.7. The van der Waals surface area contributed by atoms with Crippen LogP contribution >= 0.6 is 0 Å². The van der Waals surface area contributed by atoms with Gasteiger partial charge >= 0.3 is 5.56 Å². The van der Waals surface area contributed by atoms with Crippen molar-refractivity contribution in [2.45, 2.75) is 26.4 Å². The van der Waals surface area contributed by atoms with Crippen molar-refractivity contribution < 1.29 is 22.7 Å². The molecule has 2 aromatic heterocycles. The number of hydrogen-bond acceptors (Lipinski definition) is 9. The number of sulfone groups is 1. The summed E-state index contributed by atoms with van der Waals surface area (Å²) in [5, 5.41) is 16.0. The molecular weight excluding hydrogens is 515 g/mol. The first-order chi connectivity index (χ1) is 17.9. The van der Waals surface area contributed by atoms with Crippen LogP contribution in [0.15, 0.2) is 41.3 Å². The van der Waals surface area contributed by atoms with Gasteiger partial charge in [0.25, 0.3) is 5.91 Å². The molecule has 0 unspecified atom stereocenters. The van der Waals surface area contributed by atoms with E-state index in [1.54, 1.807) is 6.07 Å². The van der Waals surface area contributed by atoms with E-state index in [1.165, 1.54) is 30.5 Å². The molecule has 3 aromatic rings. The van der Waals surface area contributed by atoms with Crippen molar-refractivity contribution >= 4 is 32.8 Å². The van der Waals surface area contributed by atoms with Gasteiger partial charge in [0.05, 0.1) is 11.4 Å². The highest BCUT2D eigenvalue weighted by molar-refractivity contribution is 7.90. The molecule has 1 fully saturated rings. The SMILES string of the molecule is CC(C)N1CCN(c2cc(NCS(C)(=O)=O)c3nc(C(=O)NCc4ccc(F)cc4)c(O)c(=O)n3c2)CC1. The molecule has 0 saturated carbocycles. The Morgan fingerprint density at radius 1 is 1.16 bits per heavy atom. The number of piperazine rings is 1. The van der Waals surface area contributed by atoms with E-state index in [4.69, 9.17) is 0 Å². The average Bonchev–Trinajstić information content (AvgIpc) is 2.88. The number of aromatic nitrogens is 2. The number of benzene rings is 1. The lowest BCUT2D eigenvalue weighted by atomic mass is 10.2. The van der Waals surface area contributed by atoms with Gasteiger partial charge in [0.15, 0.2) is 21.2 Å². The molecule has 204 valence electrons. The number of pyridine rings is 1. The number of nitrogens with one attached hydrogen (secondary N) is 2. The maximum absolute atomic E-state index is 13.2.